The number of nitrogens with zero attached hydrogens (tertiary/aromatic N) is 1. The standard InChI is InChI=1S/C4H5NO3S2/c1-2-5-3(9)10-4(6)8-7/h2,7H,1H3/b5-2+. The predicted molar refractivity (Wildman–Crippen MR) is 43.5 cm³/mol. The van der Waals surface area contributed by atoms with E-state index in [1.54, 1.807) is 6.92 Å². The first kappa shape index (κ1) is 9.54. The van der Waals surface area contributed by atoms with Gasteiger partial charge in [-0.3, -0.25) is 4.89 Å². The summed E-state index contributed by atoms with van der Waals surface area (Å²) >= 11 is 5.10. The van der Waals surface area contributed by atoms with Crippen LogP contribution in [0.2, 0.25) is 0 Å². The van der Waals surface area contributed by atoms with E-state index in [2.05, 4.69) is 22.1 Å². The lowest BCUT2D eigenvalue weighted by Crippen LogP contribution is -1.95. The molecule has 0 aromatic heterocycles. The summed E-state index contributed by atoms with van der Waals surface area (Å²) in [5.41, 5.74) is 0. The zero-order chi connectivity index (χ0) is 7.98. The number of carbonyl (C=O) groups excluding carboxylic acids is 1. The van der Waals surface area contributed by atoms with E-state index < -0.39 is 5.30 Å². The fraction of sp³-hybridized carbons (Fsp3) is 0.250. The number of hydrogen-bond acceptors (Lipinski definition) is 5. The lowest BCUT2D eigenvalue weighted by atomic mass is 10.9. The third-order valence-electron chi connectivity index (χ3n) is 0.480. The summed E-state index contributed by atoms with van der Waals surface area (Å²) < 4.78 is 0.113. The first-order valence-electron chi connectivity index (χ1n) is 2.26. The van der Waals surface area contributed by atoms with Gasteiger partial charge < -0.3 is 0 Å². The molecule has 0 aliphatic rings. The molecule has 0 aliphatic carbocycles. The molecular formula is C4H5NO3S2. The summed E-state index contributed by atoms with van der Waals surface area (Å²) in [7, 11) is 0. The molecule has 0 saturated carbocycles. The van der Waals surface area contributed by atoms with Gasteiger partial charge in [-0.1, -0.05) is 0 Å². The monoisotopic (exact) mass is 179 g/mol. The molecule has 0 amide bonds. The van der Waals surface area contributed by atoms with Crippen molar-refractivity contribution < 1.29 is 14.9 Å². The van der Waals surface area contributed by atoms with E-state index >= 15 is 0 Å². The molecule has 0 bridgehead atoms. The minimum atomic E-state index is -0.879. The molecule has 0 aromatic carbocycles. The summed E-state index contributed by atoms with van der Waals surface area (Å²) in [5.74, 6) is 0. The molecular weight excluding hydrogens is 174 g/mol. The van der Waals surface area contributed by atoms with Crippen LogP contribution in [-0.2, 0) is 4.89 Å². The van der Waals surface area contributed by atoms with Crippen molar-refractivity contribution in [3.05, 3.63) is 0 Å². The highest BCUT2D eigenvalue weighted by Gasteiger charge is 2.05. The van der Waals surface area contributed by atoms with Gasteiger partial charge in [-0.2, -0.15) is 5.26 Å². The summed E-state index contributed by atoms with van der Waals surface area (Å²) in [4.78, 5) is 17.1. The van der Waals surface area contributed by atoms with Crippen molar-refractivity contribution in [2.75, 3.05) is 0 Å². The van der Waals surface area contributed by atoms with Gasteiger partial charge in [0.1, 0.15) is 0 Å². The van der Waals surface area contributed by atoms with Gasteiger partial charge in [0.15, 0.2) is 4.32 Å². The van der Waals surface area contributed by atoms with Crippen molar-refractivity contribution >= 4 is 39.8 Å². The SMILES string of the molecule is C/C=N/C(=S)SC(=O)OO. The maximum absolute atomic E-state index is 10.2. The Bertz CT molecular complexity index is 168. The molecule has 0 heterocycles. The lowest BCUT2D eigenvalue weighted by molar-refractivity contribution is -0.166. The number of hydrogen-bond donors (Lipinski definition) is 1. The fourth-order valence-electron chi connectivity index (χ4n) is 0.222. The normalized spacial score (nSPS) is 9.80. The number of rotatable bonds is 0. The third-order valence-corrected chi connectivity index (χ3v) is 1.36. The Morgan fingerprint density at radius 1 is 1.90 bits per heavy atom. The van der Waals surface area contributed by atoms with Crippen molar-refractivity contribution in [3.63, 3.8) is 0 Å². The Morgan fingerprint density at radius 3 is 2.90 bits per heavy atom. The van der Waals surface area contributed by atoms with Crippen LogP contribution in [0.5, 0.6) is 0 Å². The van der Waals surface area contributed by atoms with Crippen LogP contribution in [0.25, 0.3) is 0 Å². The lowest BCUT2D eigenvalue weighted by Gasteiger charge is -1.90. The van der Waals surface area contributed by atoms with E-state index in [4.69, 9.17) is 5.26 Å². The van der Waals surface area contributed by atoms with Crippen molar-refractivity contribution in [2.24, 2.45) is 4.99 Å². The zero-order valence-electron chi connectivity index (χ0n) is 5.10. The topological polar surface area (TPSA) is 58.9 Å². The van der Waals surface area contributed by atoms with Gasteiger partial charge in [0.2, 0.25) is 0 Å². The van der Waals surface area contributed by atoms with E-state index in [9.17, 15) is 4.79 Å². The highest BCUT2D eigenvalue weighted by molar-refractivity contribution is 8.32. The molecule has 0 aromatic rings. The Morgan fingerprint density at radius 2 is 2.50 bits per heavy atom. The van der Waals surface area contributed by atoms with Crippen LogP contribution in [0.1, 0.15) is 6.92 Å². The van der Waals surface area contributed by atoms with Gasteiger partial charge in [-0.05, 0) is 19.1 Å². The smallest absolute Gasteiger partial charge is 0.288 e. The van der Waals surface area contributed by atoms with E-state index in [0.717, 1.165) is 0 Å². The molecule has 56 valence electrons. The van der Waals surface area contributed by atoms with E-state index in [1.807, 2.05) is 0 Å². The van der Waals surface area contributed by atoms with Gasteiger partial charge >= 0.3 is 5.30 Å². The van der Waals surface area contributed by atoms with Gasteiger partial charge in [-0.15, -0.1) is 0 Å². The number of aliphatic imine (C=N–C) groups is 1. The second-order valence-corrected chi connectivity index (χ2v) is 2.67. The molecule has 0 rings (SSSR count). The highest BCUT2D eigenvalue weighted by atomic mass is 32.2. The van der Waals surface area contributed by atoms with Crippen LogP contribution in [0, 0.1) is 0 Å². The second-order valence-electron chi connectivity index (χ2n) is 1.10. The predicted octanol–water partition coefficient (Wildman–Crippen LogP) is 1.70. The molecule has 0 unspecified atom stereocenters. The van der Waals surface area contributed by atoms with Gasteiger partial charge in [0.05, 0.1) is 0 Å². The third kappa shape index (κ3) is 4.42. The Balaban J connectivity index is 3.68. The summed E-state index contributed by atoms with van der Waals surface area (Å²) in [5, 5.41) is 6.89. The van der Waals surface area contributed by atoms with Crippen LogP contribution < -0.4 is 0 Å². The van der Waals surface area contributed by atoms with Crippen molar-refractivity contribution in [2.45, 2.75) is 6.92 Å². The van der Waals surface area contributed by atoms with Crippen molar-refractivity contribution in [1.29, 1.82) is 0 Å². The minimum absolute atomic E-state index is 0.113. The minimum Gasteiger partial charge on any atom is -0.288 e. The van der Waals surface area contributed by atoms with E-state index in [0.29, 0.717) is 11.8 Å². The van der Waals surface area contributed by atoms with Crippen LogP contribution in [0.15, 0.2) is 4.99 Å². The summed E-state index contributed by atoms with van der Waals surface area (Å²) in [6.45, 7) is 1.66. The van der Waals surface area contributed by atoms with Crippen molar-refractivity contribution in [3.8, 4) is 0 Å². The van der Waals surface area contributed by atoms with Crippen LogP contribution in [0.4, 0.5) is 4.79 Å². The zero-order valence-corrected chi connectivity index (χ0v) is 6.74. The van der Waals surface area contributed by atoms with Crippen LogP contribution >= 0.6 is 24.0 Å². The number of carbonyl (C=O) groups is 1. The Kier molecular flexibility index (Phi) is 5.09. The van der Waals surface area contributed by atoms with Gasteiger partial charge in [-0.25, -0.2) is 9.79 Å². The summed E-state index contributed by atoms with van der Waals surface area (Å²) in [6.07, 6.45) is 1.44. The largest absolute Gasteiger partial charge is 0.407 e. The molecule has 0 atom stereocenters. The maximum atomic E-state index is 10.2. The van der Waals surface area contributed by atoms with Crippen LogP contribution in [-0.4, -0.2) is 21.1 Å². The average molecular weight is 179 g/mol. The average Bonchev–Trinajstić information content (AvgIpc) is 1.88. The van der Waals surface area contributed by atoms with Gasteiger partial charge in [0.25, 0.3) is 0 Å². The second kappa shape index (κ2) is 5.33. The van der Waals surface area contributed by atoms with Crippen LogP contribution in [0.3, 0.4) is 0 Å². The maximum Gasteiger partial charge on any atom is 0.407 e. The van der Waals surface area contributed by atoms with E-state index in [-0.39, 0.29) is 4.32 Å². The first-order valence-corrected chi connectivity index (χ1v) is 3.49. The molecule has 4 nitrogen and oxygen atoms in total. The van der Waals surface area contributed by atoms with E-state index in [1.165, 1.54) is 6.21 Å². The molecule has 0 fully saturated rings. The molecule has 0 radical (unpaired) electrons. The number of thiocarbonyl (C=S) groups is 1. The first-order chi connectivity index (χ1) is 4.70. The molecule has 0 spiro atoms. The number of thioether (sulfide) groups is 1. The Hall–Kier alpha value is -0.460. The molecule has 0 aliphatic heterocycles. The molecule has 0 saturated heterocycles. The fourth-order valence-corrected chi connectivity index (χ4v) is 0.869. The summed E-state index contributed by atoms with van der Waals surface area (Å²) in [6, 6.07) is 0. The molecule has 1 N–H and O–H groups in total. The van der Waals surface area contributed by atoms with Crippen molar-refractivity contribution in [1.82, 2.24) is 0 Å². The Labute approximate surface area is 67.2 Å². The molecule has 10 heavy (non-hydrogen) atoms. The quantitative estimate of drug-likeness (QED) is 0.265. The van der Waals surface area contributed by atoms with Gasteiger partial charge in [0, 0.05) is 18.0 Å². The highest BCUT2D eigenvalue weighted by Crippen LogP contribution is 2.07. The molecule has 6 heteroatoms.